The van der Waals surface area contributed by atoms with Gasteiger partial charge in [-0.25, -0.2) is 0 Å². The highest BCUT2D eigenvalue weighted by Crippen LogP contribution is 2.30. The van der Waals surface area contributed by atoms with Crippen LogP contribution in [0.3, 0.4) is 0 Å². The molecular formula is C15H26N2S. The van der Waals surface area contributed by atoms with Crippen LogP contribution >= 0.6 is 11.3 Å². The Labute approximate surface area is 115 Å². The minimum Gasteiger partial charge on any atom is -0.312 e. The van der Waals surface area contributed by atoms with Gasteiger partial charge in [0.25, 0.3) is 0 Å². The monoisotopic (exact) mass is 266 g/mol. The average molecular weight is 266 g/mol. The van der Waals surface area contributed by atoms with E-state index >= 15 is 0 Å². The van der Waals surface area contributed by atoms with Gasteiger partial charge in [-0.05, 0) is 42.8 Å². The van der Waals surface area contributed by atoms with Crippen molar-refractivity contribution in [3.05, 3.63) is 22.4 Å². The van der Waals surface area contributed by atoms with Crippen LogP contribution < -0.4 is 5.32 Å². The Morgan fingerprint density at radius 3 is 2.94 bits per heavy atom. The molecule has 18 heavy (non-hydrogen) atoms. The molecule has 1 aliphatic heterocycles. The normalized spacial score (nSPS) is 23.4. The minimum atomic E-state index is 0.432. The van der Waals surface area contributed by atoms with E-state index in [4.69, 9.17) is 0 Å². The Hall–Kier alpha value is -0.380. The van der Waals surface area contributed by atoms with E-state index in [9.17, 15) is 0 Å². The van der Waals surface area contributed by atoms with Gasteiger partial charge in [-0.3, -0.25) is 4.90 Å². The van der Waals surface area contributed by atoms with Crippen molar-refractivity contribution >= 4 is 11.3 Å². The fourth-order valence-electron chi connectivity index (χ4n) is 2.77. The third-order valence-electron chi connectivity index (χ3n) is 4.18. The molecule has 0 bridgehead atoms. The molecule has 1 aromatic heterocycles. The summed E-state index contributed by atoms with van der Waals surface area (Å²) in [4.78, 5) is 4.04. The van der Waals surface area contributed by atoms with Crippen LogP contribution in [-0.2, 0) is 6.54 Å². The van der Waals surface area contributed by atoms with Gasteiger partial charge in [0.05, 0.1) is 0 Å². The summed E-state index contributed by atoms with van der Waals surface area (Å²) in [5.74, 6) is 0. The number of hydrogen-bond acceptors (Lipinski definition) is 3. The van der Waals surface area contributed by atoms with E-state index in [1.165, 1.54) is 30.8 Å². The molecule has 0 spiro atoms. The van der Waals surface area contributed by atoms with Gasteiger partial charge in [-0.15, -0.1) is 11.3 Å². The summed E-state index contributed by atoms with van der Waals surface area (Å²) in [5.41, 5.74) is 0.432. The smallest absolute Gasteiger partial charge is 0.0328 e. The van der Waals surface area contributed by atoms with Gasteiger partial charge in [0.2, 0.25) is 0 Å². The highest BCUT2D eigenvalue weighted by molar-refractivity contribution is 7.09. The fourth-order valence-corrected chi connectivity index (χ4v) is 3.52. The first-order chi connectivity index (χ1) is 8.62. The fraction of sp³-hybridized carbons (Fsp3) is 0.733. The van der Waals surface area contributed by atoms with Gasteiger partial charge in [-0.1, -0.05) is 26.8 Å². The lowest BCUT2D eigenvalue weighted by molar-refractivity contribution is 0.126. The molecule has 1 fully saturated rings. The summed E-state index contributed by atoms with van der Waals surface area (Å²) in [5, 5.41) is 5.89. The Morgan fingerprint density at radius 2 is 2.33 bits per heavy atom. The highest BCUT2D eigenvalue weighted by atomic mass is 32.1. The second-order valence-electron chi connectivity index (χ2n) is 6.01. The van der Waals surface area contributed by atoms with Crippen LogP contribution in [0.2, 0.25) is 0 Å². The van der Waals surface area contributed by atoms with Crippen molar-refractivity contribution in [3.63, 3.8) is 0 Å². The Kier molecular flexibility index (Phi) is 4.82. The molecule has 1 N–H and O–H groups in total. The number of hydrogen-bond donors (Lipinski definition) is 1. The van der Waals surface area contributed by atoms with Crippen molar-refractivity contribution in [1.29, 1.82) is 0 Å². The molecule has 3 heteroatoms. The molecule has 2 heterocycles. The number of nitrogens with zero attached hydrogens (tertiary/aromatic N) is 1. The minimum absolute atomic E-state index is 0.432. The second-order valence-corrected chi connectivity index (χ2v) is 7.04. The first kappa shape index (κ1) is 14.0. The van der Waals surface area contributed by atoms with Gasteiger partial charge in [0.15, 0.2) is 0 Å². The zero-order chi connectivity index (χ0) is 13.0. The van der Waals surface area contributed by atoms with E-state index in [1.807, 2.05) is 11.3 Å². The zero-order valence-electron chi connectivity index (χ0n) is 11.9. The van der Waals surface area contributed by atoms with E-state index in [2.05, 4.69) is 48.5 Å². The van der Waals surface area contributed by atoms with Crippen LogP contribution in [0.1, 0.15) is 38.5 Å². The maximum Gasteiger partial charge on any atom is 0.0328 e. The molecule has 1 atom stereocenters. The van der Waals surface area contributed by atoms with Gasteiger partial charge >= 0.3 is 0 Å². The summed E-state index contributed by atoms with van der Waals surface area (Å²) in [6, 6.07) is 5.02. The van der Waals surface area contributed by atoms with Crippen molar-refractivity contribution in [1.82, 2.24) is 10.2 Å². The van der Waals surface area contributed by atoms with E-state index in [1.54, 1.807) is 0 Å². The molecule has 102 valence electrons. The summed E-state index contributed by atoms with van der Waals surface area (Å²) in [7, 11) is 0. The largest absolute Gasteiger partial charge is 0.312 e. The predicted molar refractivity (Wildman–Crippen MR) is 80.1 cm³/mol. The second kappa shape index (κ2) is 6.18. The molecular weight excluding hydrogens is 240 g/mol. The first-order valence-corrected chi connectivity index (χ1v) is 7.98. The third-order valence-corrected chi connectivity index (χ3v) is 5.04. The molecule has 2 nitrogen and oxygen atoms in total. The molecule has 1 aromatic rings. The lowest BCUT2D eigenvalue weighted by Gasteiger charge is -2.41. The number of piperidine rings is 1. The van der Waals surface area contributed by atoms with Crippen LogP contribution in [0.4, 0.5) is 0 Å². The van der Waals surface area contributed by atoms with Gasteiger partial charge in [0, 0.05) is 24.0 Å². The SMILES string of the molecule is CCN(Cc1cccs1)CC1NCCCC1(C)C. The molecule has 0 amide bonds. The molecule has 0 radical (unpaired) electrons. The van der Waals surface area contributed by atoms with Crippen LogP contribution in [0, 0.1) is 5.41 Å². The van der Waals surface area contributed by atoms with Crippen LogP contribution in [0.15, 0.2) is 17.5 Å². The Bertz CT molecular complexity index is 345. The molecule has 1 unspecified atom stereocenters. The van der Waals surface area contributed by atoms with Crippen LogP contribution in [0.25, 0.3) is 0 Å². The van der Waals surface area contributed by atoms with E-state index in [0.29, 0.717) is 11.5 Å². The standard InChI is InChI=1S/C15H26N2S/c1-4-17(11-13-7-5-10-18-13)12-14-15(2,3)8-6-9-16-14/h5,7,10,14,16H,4,6,8-9,11-12H2,1-3H3. The number of thiophene rings is 1. The molecule has 1 saturated heterocycles. The Balaban J connectivity index is 1.93. The van der Waals surface area contributed by atoms with Crippen molar-refractivity contribution in [2.45, 2.75) is 46.2 Å². The van der Waals surface area contributed by atoms with Crippen molar-refractivity contribution < 1.29 is 0 Å². The zero-order valence-corrected chi connectivity index (χ0v) is 12.7. The van der Waals surface area contributed by atoms with Gasteiger partial charge in [0.1, 0.15) is 0 Å². The maximum atomic E-state index is 3.72. The van der Waals surface area contributed by atoms with Gasteiger partial charge in [-0.2, -0.15) is 0 Å². The lowest BCUT2D eigenvalue weighted by Crippen LogP contribution is -2.52. The van der Waals surface area contributed by atoms with Crippen LogP contribution in [0.5, 0.6) is 0 Å². The third kappa shape index (κ3) is 3.56. The van der Waals surface area contributed by atoms with Crippen molar-refractivity contribution in [3.8, 4) is 0 Å². The quantitative estimate of drug-likeness (QED) is 0.879. The number of nitrogens with one attached hydrogen (secondary N) is 1. The molecule has 0 saturated carbocycles. The van der Waals surface area contributed by atoms with Crippen molar-refractivity contribution in [2.24, 2.45) is 5.41 Å². The van der Waals surface area contributed by atoms with Gasteiger partial charge < -0.3 is 5.32 Å². The predicted octanol–water partition coefficient (Wildman–Crippen LogP) is 3.35. The molecule has 0 aromatic carbocycles. The van der Waals surface area contributed by atoms with E-state index < -0.39 is 0 Å². The van der Waals surface area contributed by atoms with E-state index in [-0.39, 0.29) is 0 Å². The molecule has 1 aliphatic rings. The lowest BCUT2D eigenvalue weighted by atomic mass is 9.77. The van der Waals surface area contributed by atoms with Crippen LogP contribution in [-0.4, -0.2) is 30.6 Å². The Morgan fingerprint density at radius 1 is 1.50 bits per heavy atom. The topological polar surface area (TPSA) is 15.3 Å². The van der Waals surface area contributed by atoms with E-state index in [0.717, 1.165) is 13.1 Å². The number of rotatable bonds is 5. The summed E-state index contributed by atoms with van der Waals surface area (Å²) < 4.78 is 0. The molecule has 2 rings (SSSR count). The average Bonchev–Trinajstić information content (AvgIpc) is 2.83. The molecule has 0 aliphatic carbocycles. The maximum absolute atomic E-state index is 3.72. The summed E-state index contributed by atoms with van der Waals surface area (Å²) in [6.45, 7) is 11.7. The summed E-state index contributed by atoms with van der Waals surface area (Å²) in [6.07, 6.45) is 2.67. The first-order valence-electron chi connectivity index (χ1n) is 7.10. The summed E-state index contributed by atoms with van der Waals surface area (Å²) >= 11 is 1.87. The highest BCUT2D eigenvalue weighted by Gasteiger charge is 2.32. The number of likely N-dealkylation sites (N-methyl/N-ethyl adjacent to an activating group) is 1. The van der Waals surface area contributed by atoms with Crippen molar-refractivity contribution in [2.75, 3.05) is 19.6 Å².